The van der Waals surface area contributed by atoms with Gasteiger partial charge in [-0.3, -0.25) is 0 Å². The number of anilines is 1. The summed E-state index contributed by atoms with van der Waals surface area (Å²) < 4.78 is 0. The molecule has 1 aliphatic rings. The molecule has 0 spiro atoms. The van der Waals surface area contributed by atoms with Crippen LogP contribution in [0.25, 0.3) is 11.1 Å². The Hall–Kier alpha value is -1.18. The molecule has 17 heavy (non-hydrogen) atoms. The van der Waals surface area contributed by atoms with Crippen molar-refractivity contribution < 1.29 is 0 Å². The molecule has 3 rings (SSSR count). The molecule has 86 valence electrons. The Bertz CT molecular complexity index is 578. The van der Waals surface area contributed by atoms with Crippen LogP contribution in [0.1, 0.15) is 5.56 Å². The predicted molar refractivity (Wildman–Crippen MR) is 74.1 cm³/mol. The van der Waals surface area contributed by atoms with Gasteiger partial charge in [0.25, 0.3) is 0 Å². The molecule has 1 heterocycles. The molecule has 0 unspecified atom stereocenters. The van der Waals surface area contributed by atoms with Crippen molar-refractivity contribution in [3.8, 4) is 11.1 Å². The van der Waals surface area contributed by atoms with E-state index in [0.717, 1.165) is 24.1 Å². The van der Waals surface area contributed by atoms with Crippen LogP contribution in [0.4, 0.5) is 5.69 Å². The fourth-order valence-corrected chi connectivity index (χ4v) is 2.44. The summed E-state index contributed by atoms with van der Waals surface area (Å²) in [7, 11) is 0. The molecule has 0 fully saturated rings. The third-order valence-electron chi connectivity index (χ3n) is 3.07. The van der Waals surface area contributed by atoms with Gasteiger partial charge in [0.1, 0.15) is 0 Å². The quantitative estimate of drug-likeness (QED) is 0.791. The Morgan fingerprint density at radius 3 is 2.47 bits per heavy atom. The molecule has 1 nitrogen and oxygen atoms in total. The number of hydrogen-bond donors (Lipinski definition) is 1. The summed E-state index contributed by atoms with van der Waals surface area (Å²) in [5.74, 6) is 0. The Morgan fingerprint density at radius 2 is 1.65 bits per heavy atom. The van der Waals surface area contributed by atoms with Crippen LogP contribution in [-0.2, 0) is 6.42 Å². The monoisotopic (exact) mass is 263 g/mol. The zero-order valence-corrected chi connectivity index (χ0v) is 10.6. The first-order valence-corrected chi connectivity index (χ1v) is 6.32. The predicted octanol–water partition coefficient (Wildman–Crippen LogP) is 4.63. The Labute approximate surface area is 110 Å². The lowest BCUT2D eigenvalue weighted by Gasteiger charge is -2.06. The summed E-state index contributed by atoms with van der Waals surface area (Å²) in [6.07, 6.45) is 1.11. The molecule has 0 saturated heterocycles. The highest BCUT2D eigenvalue weighted by atomic mass is 35.5. The van der Waals surface area contributed by atoms with Crippen LogP contribution in [0.3, 0.4) is 0 Å². The summed E-state index contributed by atoms with van der Waals surface area (Å²) in [6, 6.07) is 12.2. The van der Waals surface area contributed by atoms with Gasteiger partial charge in [0.15, 0.2) is 0 Å². The van der Waals surface area contributed by atoms with E-state index in [9.17, 15) is 0 Å². The Kier molecular flexibility index (Phi) is 2.73. The minimum atomic E-state index is 0.592. The zero-order valence-electron chi connectivity index (χ0n) is 9.13. The molecule has 0 atom stereocenters. The van der Waals surface area contributed by atoms with Gasteiger partial charge in [-0.25, -0.2) is 0 Å². The maximum Gasteiger partial charge on any atom is 0.0598 e. The summed E-state index contributed by atoms with van der Waals surface area (Å²) in [6.45, 7) is 1.03. The number of rotatable bonds is 1. The van der Waals surface area contributed by atoms with Gasteiger partial charge in [0.2, 0.25) is 0 Å². The minimum absolute atomic E-state index is 0.592. The molecule has 0 radical (unpaired) electrons. The lowest BCUT2D eigenvalue weighted by molar-refractivity contribution is 1.11. The first-order valence-electron chi connectivity index (χ1n) is 5.56. The van der Waals surface area contributed by atoms with E-state index in [1.54, 1.807) is 0 Å². The van der Waals surface area contributed by atoms with Gasteiger partial charge in [0.05, 0.1) is 10.0 Å². The van der Waals surface area contributed by atoms with Crippen molar-refractivity contribution in [2.75, 3.05) is 11.9 Å². The molecule has 0 bridgehead atoms. The summed E-state index contributed by atoms with van der Waals surface area (Å²) in [5, 5.41) is 4.56. The fourth-order valence-electron chi connectivity index (χ4n) is 2.15. The van der Waals surface area contributed by atoms with E-state index in [4.69, 9.17) is 23.2 Å². The second-order valence-corrected chi connectivity index (χ2v) is 4.99. The van der Waals surface area contributed by atoms with Crippen LogP contribution in [0.2, 0.25) is 10.0 Å². The van der Waals surface area contributed by atoms with Gasteiger partial charge >= 0.3 is 0 Å². The van der Waals surface area contributed by atoms with Crippen molar-refractivity contribution >= 4 is 28.9 Å². The molecule has 0 saturated carbocycles. The van der Waals surface area contributed by atoms with Gasteiger partial charge in [-0.1, -0.05) is 41.4 Å². The topological polar surface area (TPSA) is 12.0 Å². The van der Waals surface area contributed by atoms with E-state index in [1.165, 1.54) is 11.3 Å². The summed E-state index contributed by atoms with van der Waals surface area (Å²) in [5.41, 5.74) is 4.87. The molecule has 2 aromatic rings. The van der Waals surface area contributed by atoms with Crippen LogP contribution < -0.4 is 5.32 Å². The smallest absolute Gasteiger partial charge is 0.0598 e. The van der Waals surface area contributed by atoms with Crippen molar-refractivity contribution in [2.24, 2.45) is 0 Å². The van der Waals surface area contributed by atoms with E-state index in [2.05, 4.69) is 23.5 Å². The van der Waals surface area contributed by atoms with Crippen LogP contribution in [0, 0.1) is 0 Å². The van der Waals surface area contributed by atoms with Gasteiger partial charge in [-0.15, -0.1) is 0 Å². The van der Waals surface area contributed by atoms with E-state index in [1.807, 2.05) is 18.2 Å². The first kappa shape index (κ1) is 10.9. The molecule has 0 aliphatic carbocycles. The van der Waals surface area contributed by atoms with Gasteiger partial charge in [0, 0.05) is 12.2 Å². The van der Waals surface area contributed by atoms with Crippen molar-refractivity contribution in [3.05, 3.63) is 52.0 Å². The highest BCUT2D eigenvalue weighted by Gasteiger charge is 2.11. The molecule has 1 aliphatic heterocycles. The van der Waals surface area contributed by atoms with Gasteiger partial charge in [-0.2, -0.15) is 0 Å². The molecule has 0 amide bonds. The average Bonchev–Trinajstić information content (AvgIpc) is 2.79. The van der Waals surface area contributed by atoms with Crippen molar-refractivity contribution in [1.29, 1.82) is 0 Å². The second-order valence-electron chi connectivity index (χ2n) is 4.18. The van der Waals surface area contributed by atoms with Crippen LogP contribution in [0.15, 0.2) is 36.4 Å². The normalized spacial score (nSPS) is 13.3. The Morgan fingerprint density at radius 1 is 0.882 bits per heavy atom. The van der Waals surface area contributed by atoms with Crippen LogP contribution in [-0.4, -0.2) is 6.54 Å². The average molecular weight is 264 g/mol. The van der Waals surface area contributed by atoms with Gasteiger partial charge < -0.3 is 5.32 Å². The summed E-state index contributed by atoms with van der Waals surface area (Å²) >= 11 is 12.0. The van der Waals surface area contributed by atoms with Crippen LogP contribution in [0.5, 0.6) is 0 Å². The summed E-state index contributed by atoms with van der Waals surface area (Å²) in [4.78, 5) is 0. The lowest BCUT2D eigenvalue weighted by atomic mass is 10.0. The number of benzene rings is 2. The number of halogens is 2. The van der Waals surface area contributed by atoms with E-state index < -0.39 is 0 Å². The maximum absolute atomic E-state index is 6.03. The third kappa shape index (κ3) is 2.01. The highest BCUT2D eigenvalue weighted by molar-refractivity contribution is 6.42. The largest absolute Gasteiger partial charge is 0.384 e. The van der Waals surface area contributed by atoms with Crippen molar-refractivity contribution in [3.63, 3.8) is 0 Å². The molecular weight excluding hydrogens is 253 g/mol. The molecule has 1 N–H and O–H groups in total. The third-order valence-corrected chi connectivity index (χ3v) is 3.81. The highest BCUT2D eigenvalue weighted by Crippen LogP contribution is 2.32. The molecular formula is C14H11Cl2N. The van der Waals surface area contributed by atoms with Crippen molar-refractivity contribution in [1.82, 2.24) is 0 Å². The van der Waals surface area contributed by atoms with E-state index >= 15 is 0 Å². The number of fused-ring (bicyclic) bond motifs is 1. The standard InChI is InChI=1S/C14H11Cl2N/c15-12-4-3-10(7-13(12)16)11-2-1-9-5-6-17-14(9)8-11/h1-4,7-8,17H,5-6H2. The minimum Gasteiger partial charge on any atom is -0.384 e. The Balaban J connectivity index is 2.06. The van der Waals surface area contributed by atoms with Crippen LogP contribution >= 0.6 is 23.2 Å². The fraction of sp³-hybridized carbons (Fsp3) is 0.143. The maximum atomic E-state index is 6.03. The molecule has 2 aromatic carbocycles. The SMILES string of the molecule is Clc1ccc(-c2ccc3c(c2)NCC3)cc1Cl. The molecule has 3 heteroatoms. The lowest BCUT2D eigenvalue weighted by Crippen LogP contribution is -1.91. The number of hydrogen-bond acceptors (Lipinski definition) is 1. The molecule has 0 aromatic heterocycles. The number of nitrogens with one attached hydrogen (secondary N) is 1. The first-order chi connectivity index (χ1) is 8.24. The van der Waals surface area contributed by atoms with Gasteiger partial charge in [-0.05, 0) is 41.3 Å². The van der Waals surface area contributed by atoms with E-state index in [0.29, 0.717) is 10.0 Å². The zero-order chi connectivity index (χ0) is 11.8. The van der Waals surface area contributed by atoms with Crippen molar-refractivity contribution in [2.45, 2.75) is 6.42 Å². The second kappa shape index (κ2) is 4.25. The van der Waals surface area contributed by atoms with E-state index in [-0.39, 0.29) is 0 Å².